The van der Waals surface area contributed by atoms with Crippen molar-refractivity contribution in [2.45, 2.75) is 11.8 Å². The quantitative estimate of drug-likeness (QED) is 0.702. The molecule has 1 atom stereocenters. The van der Waals surface area contributed by atoms with Crippen LogP contribution < -0.4 is 0 Å². The van der Waals surface area contributed by atoms with Gasteiger partial charge in [0.2, 0.25) is 0 Å². The Balaban J connectivity index is 3.28. The van der Waals surface area contributed by atoms with E-state index in [1.165, 1.54) is 0 Å². The summed E-state index contributed by atoms with van der Waals surface area (Å²) in [7, 11) is 0. The van der Waals surface area contributed by atoms with Crippen LogP contribution in [0.3, 0.4) is 0 Å². The van der Waals surface area contributed by atoms with Gasteiger partial charge in [0.15, 0.2) is 0 Å². The van der Waals surface area contributed by atoms with Crippen molar-refractivity contribution in [2.75, 3.05) is 0 Å². The van der Waals surface area contributed by atoms with E-state index in [9.17, 15) is 0 Å². The molecule has 0 saturated carbocycles. The fourth-order valence-corrected chi connectivity index (χ4v) is 1.47. The lowest BCUT2D eigenvalue weighted by Crippen LogP contribution is -1.90. The summed E-state index contributed by atoms with van der Waals surface area (Å²) in [6.07, 6.45) is 0. The average Bonchev–Trinajstić information content (AvgIpc) is 2.16. The molecule has 0 aliphatic carbocycles. The van der Waals surface area contributed by atoms with Gasteiger partial charge in [0.05, 0.1) is 23.3 Å². The Morgan fingerprint density at radius 3 is 2.46 bits per heavy atom. The summed E-state index contributed by atoms with van der Waals surface area (Å²) in [6.45, 7) is 1.95. The lowest BCUT2D eigenvalue weighted by molar-refractivity contribution is 1.11. The zero-order valence-electron chi connectivity index (χ0n) is 7.08. The highest BCUT2D eigenvalue weighted by molar-refractivity contribution is 9.09. The van der Waals surface area contributed by atoms with Crippen LogP contribution in [0.25, 0.3) is 0 Å². The topological polar surface area (TPSA) is 47.6 Å². The van der Waals surface area contributed by atoms with E-state index in [2.05, 4.69) is 22.0 Å². The van der Waals surface area contributed by atoms with Gasteiger partial charge >= 0.3 is 0 Å². The zero-order valence-corrected chi connectivity index (χ0v) is 8.67. The number of nitriles is 2. The van der Waals surface area contributed by atoms with Crippen LogP contribution in [0, 0.1) is 22.7 Å². The number of alkyl halides is 1. The first-order chi connectivity index (χ1) is 6.19. The molecule has 1 unspecified atom stereocenters. The Bertz CT molecular complexity index is 396. The average molecular weight is 235 g/mol. The van der Waals surface area contributed by atoms with Gasteiger partial charge in [-0.1, -0.05) is 22.0 Å². The van der Waals surface area contributed by atoms with Gasteiger partial charge in [-0.2, -0.15) is 10.5 Å². The number of hydrogen-bond donors (Lipinski definition) is 0. The van der Waals surface area contributed by atoms with Crippen molar-refractivity contribution < 1.29 is 0 Å². The number of halogens is 1. The minimum Gasteiger partial charge on any atom is -0.192 e. The summed E-state index contributed by atoms with van der Waals surface area (Å²) in [6, 6.07) is 9.19. The van der Waals surface area contributed by atoms with E-state index in [-0.39, 0.29) is 4.83 Å². The molecule has 0 heterocycles. The summed E-state index contributed by atoms with van der Waals surface area (Å²) in [5, 5.41) is 17.4. The molecule has 2 nitrogen and oxygen atoms in total. The highest BCUT2D eigenvalue weighted by Crippen LogP contribution is 2.25. The molecule has 0 fully saturated rings. The number of nitrogens with zero attached hydrogens (tertiary/aromatic N) is 2. The van der Waals surface area contributed by atoms with Gasteiger partial charge in [0.1, 0.15) is 0 Å². The van der Waals surface area contributed by atoms with Gasteiger partial charge in [0, 0.05) is 4.83 Å². The summed E-state index contributed by atoms with van der Waals surface area (Å²) in [4.78, 5) is 0.134. The maximum absolute atomic E-state index is 8.81. The van der Waals surface area contributed by atoms with Crippen LogP contribution in [0.4, 0.5) is 0 Å². The largest absolute Gasteiger partial charge is 0.192 e. The van der Waals surface area contributed by atoms with Crippen LogP contribution in [0.1, 0.15) is 28.4 Å². The second-order valence-electron chi connectivity index (χ2n) is 2.64. The molecule has 3 heteroatoms. The number of benzene rings is 1. The summed E-state index contributed by atoms with van der Waals surface area (Å²) in [5.74, 6) is 0. The van der Waals surface area contributed by atoms with Crippen LogP contribution in [0.15, 0.2) is 18.2 Å². The molecule has 0 aromatic heterocycles. The van der Waals surface area contributed by atoms with E-state index < -0.39 is 0 Å². The first-order valence-electron chi connectivity index (χ1n) is 3.77. The predicted molar refractivity (Wildman–Crippen MR) is 53.2 cm³/mol. The number of rotatable bonds is 1. The maximum atomic E-state index is 8.81. The lowest BCUT2D eigenvalue weighted by atomic mass is 10.0. The smallest absolute Gasteiger partial charge is 0.0995 e. The summed E-state index contributed by atoms with van der Waals surface area (Å²) < 4.78 is 0. The standard InChI is InChI=1S/C10H7BrN2/c1-7(11)10-3-2-8(5-12)4-9(10)6-13/h2-4,7H,1H3. The fraction of sp³-hybridized carbons (Fsp3) is 0.200. The maximum Gasteiger partial charge on any atom is 0.0995 e. The Morgan fingerprint density at radius 1 is 1.31 bits per heavy atom. The SMILES string of the molecule is CC(Br)c1ccc(C#N)cc1C#N. The highest BCUT2D eigenvalue weighted by atomic mass is 79.9. The van der Waals surface area contributed by atoms with Crippen molar-refractivity contribution in [3.05, 3.63) is 34.9 Å². The molecular weight excluding hydrogens is 228 g/mol. The predicted octanol–water partition coefficient (Wildman–Crippen LogP) is 2.89. The molecule has 0 radical (unpaired) electrons. The van der Waals surface area contributed by atoms with E-state index in [1.807, 2.05) is 13.0 Å². The number of hydrogen-bond acceptors (Lipinski definition) is 2. The second kappa shape index (κ2) is 4.07. The molecule has 0 aliphatic rings. The molecule has 0 aliphatic heterocycles. The lowest BCUT2D eigenvalue weighted by Gasteiger charge is -2.05. The van der Waals surface area contributed by atoms with Crippen molar-refractivity contribution in [1.29, 1.82) is 10.5 Å². The van der Waals surface area contributed by atoms with Gasteiger partial charge in [-0.05, 0) is 24.6 Å². The molecule has 13 heavy (non-hydrogen) atoms. The van der Waals surface area contributed by atoms with Crippen LogP contribution >= 0.6 is 15.9 Å². The van der Waals surface area contributed by atoms with Crippen molar-refractivity contribution >= 4 is 15.9 Å². The highest BCUT2D eigenvalue weighted by Gasteiger charge is 2.07. The van der Waals surface area contributed by atoms with E-state index in [0.717, 1.165) is 5.56 Å². The Labute approximate surface area is 85.5 Å². The fourth-order valence-electron chi connectivity index (χ4n) is 1.07. The molecule has 0 saturated heterocycles. The van der Waals surface area contributed by atoms with Gasteiger partial charge < -0.3 is 0 Å². The van der Waals surface area contributed by atoms with Crippen LogP contribution in [0.2, 0.25) is 0 Å². The Kier molecular flexibility index (Phi) is 3.06. The molecule has 0 N–H and O–H groups in total. The van der Waals surface area contributed by atoms with Crippen LogP contribution in [-0.4, -0.2) is 0 Å². The molecule has 0 amide bonds. The van der Waals surface area contributed by atoms with E-state index in [0.29, 0.717) is 11.1 Å². The van der Waals surface area contributed by atoms with Crippen molar-refractivity contribution in [1.82, 2.24) is 0 Å². The molecule has 0 bridgehead atoms. The minimum absolute atomic E-state index is 0.134. The van der Waals surface area contributed by atoms with Gasteiger partial charge in [-0.25, -0.2) is 0 Å². The van der Waals surface area contributed by atoms with E-state index >= 15 is 0 Å². The Hall–Kier alpha value is -1.32. The van der Waals surface area contributed by atoms with Crippen molar-refractivity contribution in [3.63, 3.8) is 0 Å². The van der Waals surface area contributed by atoms with Crippen molar-refractivity contribution in [3.8, 4) is 12.1 Å². The summed E-state index contributed by atoms with van der Waals surface area (Å²) in [5.41, 5.74) is 2.00. The molecular formula is C10H7BrN2. The first kappa shape index (κ1) is 9.77. The zero-order chi connectivity index (χ0) is 9.84. The third-order valence-corrected chi connectivity index (χ3v) is 2.22. The van der Waals surface area contributed by atoms with Gasteiger partial charge in [0.25, 0.3) is 0 Å². The monoisotopic (exact) mass is 234 g/mol. The van der Waals surface area contributed by atoms with E-state index in [1.54, 1.807) is 18.2 Å². The molecule has 1 aromatic carbocycles. The van der Waals surface area contributed by atoms with Crippen molar-refractivity contribution in [2.24, 2.45) is 0 Å². The molecule has 0 spiro atoms. The normalized spacial score (nSPS) is 11.4. The molecule has 1 rings (SSSR count). The molecule has 1 aromatic rings. The first-order valence-corrected chi connectivity index (χ1v) is 4.69. The third kappa shape index (κ3) is 2.08. The minimum atomic E-state index is 0.134. The molecule has 64 valence electrons. The Morgan fingerprint density at radius 2 is 2.00 bits per heavy atom. The van der Waals surface area contributed by atoms with Crippen LogP contribution in [0.5, 0.6) is 0 Å². The summed E-state index contributed by atoms with van der Waals surface area (Å²) >= 11 is 3.39. The van der Waals surface area contributed by atoms with Gasteiger partial charge in [-0.15, -0.1) is 0 Å². The van der Waals surface area contributed by atoms with Crippen LogP contribution in [-0.2, 0) is 0 Å². The third-order valence-electron chi connectivity index (χ3n) is 1.73. The van der Waals surface area contributed by atoms with Gasteiger partial charge in [-0.3, -0.25) is 0 Å². The van der Waals surface area contributed by atoms with E-state index in [4.69, 9.17) is 10.5 Å². The second-order valence-corrected chi connectivity index (χ2v) is 4.02.